The van der Waals surface area contributed by atoms with Crippen LogP contribution < -0.4 is 20.7 Å². The van der Waals surface area contributed by atoms with E-state index in [1.807, 2.05) is 0 Å². The third kappa shape index (κ3) is 6.70. The number of aromatic nitrogens is 4. The van der Waals surface area contributed by atoms with E-state index in [1.165, 1.54) is 50.4 Å². The molecule has 8 nitrogen and oxygen atoms in total. The van der Waals surface area contributed by atoms with E-state index in [-0.39, 0.29) is 36.6 Å². The topological polar surface area (TPSA) is 88.9 Å². The van der Waals surface area contributed by atoms with Crippen molar-refractivity contribution in [2.75, 3.05) is 0 Å². The van der Waals surface area contributed by atoms with Crippen LogP contribution in [0.15, 0.2) is 151 Å². The smallest absolute Gasteiger partial charge is 0.163 e. The Labute approximate surface area is 363 Å². The SMILES string of the molecule is C1=CCC(c2nc(C3=CCCC=C3)nc(C3=CC(C4NC(c5ccccc5)NC(c5ccccc5)N4)=CCC3n3c4c(c5c3CC3Oc6ccccc6C3=C5)CCC=C4)n2)C=C1. The van der Waals surface area contributed by atoms with Crippen molar-refractivity contribution in [3.05, 3.63) is 208 Å². The molecule has 0 bridgehead atoms. The molecule has 4 heterocycles. The average Bonchev–Trinajstić information content (AvgIpc) is 3.88. The molecule has 0 spiro atoms. The molecule has 5 aromatic rings. The summed E-state index contributed by atoms with van der Waals surface area (Å²) >= 11 is 0. The average molecular weight is 812 g/mol. The van der Waals surface area contributed by atoms with E-state index < -0.39 is 0 Å². The van der Waals surface area contributed by atoms with Crippen molar-refractivity contribution in [1.29, 1.82) is 0 Å². The highest BCUT2D eigenvalue weighted by Crippen LogP contribution is 2.48. The zero-order valence-electron chi connectivity index (χ0n) is 34.6. The van der Waals surface area contributed by atoms with Crippen molar-refractivity contribution < 1.29 is 4.74 Å². The van der Waals surface area contributed by atoms with Crippen LogP contribution in [0.3, 0.4) is 0 Å². The van der Waals surface area contributed by atoms with E-state index in [9.17, 15) is 0 Å². The van der Waals surface area contributed by atoms with Gasteiger partial charge in [-0.2, -0.15) is 0 Å². The first kappa shape index (κ1) is 37.3. The molecule has 5 aliphatic carbocycles. The molecule has 62 heavy (non-hydrogen) atoms. The molecule has 7 aliphatic rings. The van der Waals surface area contributed by atoms with Crippen LogP contribution in [0.1, 0.15) is 113 Å². The van der Waals surface area contributed by atoms with Crippen LogP contribution in [0.25, 0.3) is 28.9 Å². The predicted octanol–water partition coefficient (Wildman–Crippen LogP) is 10.3. The van der Waals surface area contributed by atoms with Gasteiger partial charge in [0.25, 0.3) is 0 Å². The van der Waals surface area contributed by atoms with Crippen LogP contribution in [0, 0.1) is 0 Å². The number of benzene rings is 3. The first-order valence-corrected chi connectivity index (χ1v) is 22.4. The maximum Gasteiger partial charge on any atom is 0.163 e. The van der Waals surface area contributed by atoms with E-state index in [0.717, 1.165) is 79.3 Å². The Bertz CT molecular complexity index is 2770. The van der Waals surface area contributed by atoms with Gasteiger partial charge in [0, 0.05) is 46.0 Å². The maximum absolute atomic E-state index is 6.70. The van der Waals surface area contributed by atoms with Crippen LogP contribution in [0.2, 0.25) is 0 Å². The number of nitrogens with zero attached hydrogens (tertiary/aromatic N) is 4. The molecule has 8 heteroatoms. The summed E-state index contributed by atoms with van der Waals surface area (Å²) in [6.07, 6.45) is 33.5. The quantitative estimate of drug-likeness (QED) is 0.151. The van der Waals surface area contributed by atoms with Crippen molar-refractivity contribution in [3.8, 4) is 5.75 Å². The lowest BCUT2D eigenvalue weighted by atomic mass is 9.88. The second-order valence-corrected chi connectivity index (χ2v) is 17.3. The van der Waals surface area contributed by atoms with Crippen molar-refractivity contribution >= 4 is 28.9 Å². The molecule has 3 N–H and O–H groups in total. The fraction of sp³-hybridized carbons (Fsp3) is 0.241. The van der Waals surface area contributed by atoms with Gasteiger partial charge in [-0.25, -0.2) is 15.0 Å². The largest absolute Gasteiger partial charge is 0.485 e. The number of nitrogens with one attached hydrogen (secondary N) is 3. The molecule has 5 atom stereocenters. The summed E-state index contributed by atoms with van der Waals surface area (Å²) < 4.78 is 9.34. The number of fused-ring (bicyclic) bond motifs is 6. The molecule has 3 aromatic carbocycles. The highest BCUT2D eigenvalue weighted by Gasteiger charge is 2.40. The minimum absolute atomic E-state index is 0.0272. The zero-order valence-corrected chi connectivity index (χ0v) is 34.6. The molecule has 2 aromatic heterocycles. The Kier molecular flexibility index (Phi) is 9.50. The van der Waals surface area contributed by atoms with Crippen molar-refractivity contribution in [3.63, 3.8) is 0 Å². The van der Waals surface area contributed by atoms with E-state index in [2.05, 4.69) is 178 Å². The summed E-state index contributed by atoms with van der Waals surface area (Å²) in [5.41, 5.74) is 13.6. The van der Waals surface area contributed by atoms with Crippen LogP contribution in [0.5, 0.6) is 5.75 Å². The lowest BCUT2D eigenvalue weighted by molar-refractivity contribution is 0.223. The van der Waals surface area contributed by atoms with Crippen LogP contribution in [-0.4, -0.2) is 31.8 Å². The summed E-state index contributed by atoms with van der Waals surface area (Å²) in [6.45, 7) is 0. The number of hydrogen-bond acceptors (Lipinski definition) is 7. The van der Waals surface area contributed by atoms with Gasteiger partial charge in [0.05, 0.1) is 24.5 Å². The molecule has 2 aliphatic heterocycles. The summed E-state index contributed by atoms with van der Waals surface area (Å²) in [7, 11) is 0. The Balaban J connectivity index is 1.02. The second-order valence-electron chi connectivity index (χ2n) is 17.3. The van der Waals surface area contributed by atoms with E-state index in [4.69, 9.17) is 19.7 Å². The molecule has 12 rings (SSSR count). The maximum atomic E-state index is 6.70. The highest BCUT2D eigenvalue weighted by atomic mass is 16.5. The zero-order chi connectivity index (χ0) is 41.0. The number of rotatable bonds is 7. The van der Waals surface area contributed by atoms with Crippen molar-refractivity contribution in [2.45, 2.75) is 81.5 Å². The molecular formula is C54H49N7O. The van der Waals surface area contributed by atoms with Crippen molar-refractivity contribution in [1.82, 2.24) is 35.5 Å². The van der Waals surface area contributed by atoms with E-state index in [1.54, 1.807) is 0 Å². The van der Waals surface area contributed by atoms with Gasteiger partial charge in [-0.05, 0) is 90.6 Å². The van der Waals surface area contributed by atoms with Gasteiger partial charge in [0.2, 0.25) is 0 Å². The number of para-hydroxylation sites is 1. The van der Waals surface area contributed by atoms with Gasteiger partial charge in [-0.15, -0.1) is 0 Å². The Morgan fingerprint density at radius 2 is 1.40 bits per heavy atom. The van der Waals surface area contributed by atoms with Gasteiger partial charge < -0.3 is 9.30 Å². The van der Waals surface area contributed by atoms with Gasteiger partial charge in [0.1, 0.15) is 17.7 Å². The normalized spacial score (nSPS) is 25.7. The Hall–Kier alpha value is -6.45. The number of allylic oxidation sites excluding steroid dienone is 11. The monoisotopic (exact) mass is 811 g/mol. The lowest BCUT2D eigenvalue weighted by Gasteiger charge is -2.41. The highest BCUT2D eigenvalue weighted by molar-refractivity contribution is 5.93. The van der Waals surface area contributed by atoms with Crippen molar-refractivity contribution in [2.24, 2.45) is 0 Å². The number of hydrogen-bond donors (Lipinski definition) is 3. The van der Waals surface area contributed by atoms with Gasteiger partial charge >= 0.3 is 0 Å². The summed E-state index contributed by atoms with van der Waals surface area (Å²) in [5, 5.41) is 11.8. The first-order valence-electron chi connectivity index (χ1n) is 22.4. The van der Waals surface area contributed by atoms with Crippen LogP contribution in [0.4, 0.5) is 0 Å². The molecule has 5 unspecified atom stereocenters. The van der Waals surface area contributed by atoms with Gasteiger partial charge in [-0.3, -0.25) is 16.0 Å². The van der Waals surface area contributed by atoms with Gasteiger partial charge in [0.15, 0.2) is 11.6 Å². The van der Waals surface area contributed by atoms with E-state index in [0.29, 0.717) is 0 Å². The molecule has 0 saturated carbocycles. The Morgan fingerprint density at radius 3 is 2.18 bits per heavy atom. The summed E-state index contributed by atoms with van der Waals surface area (Å²) in [5.74, 6) is 3.34. The first-order chi connectivity index (χ1) is 30.7. The van der Waals surface area contributed by atoms with Crippen LogP contribution in [-0.2, 0) is 12.8 Å². The van der Waals surface area contributed by atoms with E-state index >= 15 is 0 Å². The summed E-state index contributed by atoms with van der Waals surface area (Å²) in [6, 6.07) is 29.8. The Morgan fingerprint density at radius 1 is 0.645 bits per heavy atom. The minimum atomic E-state index is -0.165. The minimum Gasteiger partial charge on any atom is -0.485 e. The second kappa shape index (κ2) is 15.8. The standard InChI is InChI=1S/C54H49N7O/c1-5-17-34(18-6-1)49-55-50(35-19-7-2-8-20-35)58-53(57-49)38-29-30-45(43(31-38)54-59-51(36-21-9-3-10-22-36)56-52(60-54)37-23-11-4-12-24-37)61-44-27-15-13-25-39(44)41-32-42-40-26-14-16-28-47(40)62-48(42)33-46(41)61/h1-3,5-11,14-21,23-24,26-29,31-32,36,45,48-50,53,55,57-58H,4,12-13,22,25,30,33H2. The summed E-state index contributed by atoms with van der Waals surface area (Å²) in [4.78, 5) is 16.1. The predicted molar refractivity (Wildman–Crippen MR) is 247 cm³/mol. The fourth-order valence-electron chi connectivity index (χ4n) is 10.4. The molecule has 0 amide bonds. The number of ether oxygens (including phenoxy) is 1. The molecular weight excluding hydrogens is 763 g/mol. The molecule has 306 valence electrons. The molecule has 1 fully saturated rings. The van der Waals surface area contributed by atoms with Crippen LogP contribution >= 0.6 is 0 Å². The third-order valence-corrected chi connectivity index (χ3v) is 13.5. The molecule has 1 saturated heterocycles. The fourth-order valence-corrected chi connectivity index (χ4v) is 10.4. The lowest BCUT2D eigenvalue weighted by Crippen LogP contribution is -2.59. The third-order valence-electron chi connectivity index (χ3n) is 13.5. The molecule has 0 radical (unpaired) electrons. The van der Waals surface area contributed by atoms with Gasteiger partial charge in [-0.1, -0.05) is 134 Å².